The Hall–Kier alpha value is -0.860. The minimum Gasteiger partial charge on any atom is -0.480 e. The monoisotopic (exact) mass is 186 g/mol. The van der Waals surface area contributed by atoms with Crippen LogP contribution in [0.25, 0.3) is 0 Å². The molecule has 0 aliphatic carbocycles. The molecule has 0 rings (SSSR count). The van der Waals surface area contributed by atoms with Crippen LogP contribution in [-0.4, -0.2) is 16.9 Å². The molecule has 0 aromatic carbocycles. The van der Waals surface area contributed by atoms with Gasteiger partial charge in [0.1, 0.15) is 11.2 Å². The van der Waals surface area contributed by atoms with Crippen LogP contribution in [0.5, 0.6) is 0 Å². The summed E-state index contributed by atoms with van der Waals surface area (Å²) in [6.45, 7) is 6.84. The average Bonchev–Trinajstić information content (AvgIpc) is 2.04. The minimum atomic E-state index is -1.17. The molecular weight excluding hydrogens is 168 g/mol. The molecular formula is C10H18O3. The second-order valence-electron chi connectivity index (χ2n) is 3.50. The number of Topliss-reactive ketones (excluding diaryl/α,β-unsaturated/α-hetero) is 1. The van der Waals surface area contributed by atoms with Gasteiger partial charge in [0, 0.05) is 0 Å². The fourth-order valence-corrected chi connectivity index (χ4v) is 1.81. The summed E-state index contributed by atoms with van der Waals surface area (Å²) >= 11 is 0. The van der Waals surface area contributed by atoms with Gasteiger partial charge < -0.3 is 5.11 Å². The fraction of sp³-hybridized carbons (Fsp3) is 0.800. The highest BCUT2D eigenvalue weighted by Gasteiger charge is 2.45. The molecule has 0 aliphatic heterocycles. The van der Waals surface area contributed by atoms with Crippen LogP contribution in [0.2, 0.25) is 0 Å². The summed E-state index contributed by atoms with van der Waals surface area (Å²) in [5, 5.41) is 9.07. The lowest BCUT2D eigenvalue weighted by molar-refractivity contribution is -0.158. The molecule has 3 nitrogen and oxygen atoms in total. The van der Waals surface area contributed by atoms with Crippen molar-refractivity contribution in [2.24, 2.45) is 11.3 Å². The molecule has 0 aromatic rings. The molecule has 2 atom stereocenters. The first-order chi connectivity index (χ1) is 5.93. The quantitative estimate of drug-likeness (QED) is 0.669. The molecule has 0 saturated carbocycles. The fourth-order valence-electron chi connectivity index (χ4n) is 1.81. The van der Waals surface area contributed by atoms with Crippen molar-refractivity contribution >= 4 is 11.8 Å². The van der Waals surface area contributed by atoms with Gasteiger partial charge >= 0.3 is 5.97 Å². The van der Waals surface area contributed by atoms with Gasteiger partial charge in [0.2, 0.25) is 0 Å². The van der Waals surface area contributed by atoms with Crippen molar-refractivity contribution in [1.29, 1.82) is 0 Å². The maximum absolute atomic E-state index is 11.4. The van der Waals surface area contributed by atoms with Crippen molar-refractivity contribution in [2.45, 2.75) is 40.5 Å². The lowest BCUT2D eigenvalue weighted by atomic mass is 9.70. The number of carboxylic acids is 1. The Morgan fingerprint density at radius 2 is 1.85 bits per heavy atom. The largest absolute Gasteiger partial charge is 0.480 e. The highest BCUT2D eigenvalue weighted by atomic mass is 16.4. The zero-order valence-corrected chi connectivity index (χ0v) is 8.76. The molecule has 13 heavy (non-hydrogen) atoms. The molecule has 0 spiro atoms. The van der Waals surface area contributed by atoms with Crippen LogP contribution in [0.4, 0.5) is 0 Å². The van der Waals surface area contributed by atoms with Crippen molar-refractivity contribution in [3.63, 3.8) is 0 Å². The smallest absolute Gasteiger partial charge is 0.317 e. The van der Waals surface area contributed by atoms with E-state index >= 15 is 0 Å². The molecule has 3 heteroatoms. The summed E-state index contributed by atoms with van der Waals surface area (Å²) in [7, 11) is 0. The highest BCUT2D eigenvalue weighted by molar-refractivity contribution is 6.02. The van der Waals surface area contributed by atoms with Crippen LogP contribution < -0.4 is 0 Å². The lowest BCUT2D eigenvalue weighted by Crippen LogP contribution is -2.42. The first kappa shape index (κ1) is 12.1. The number of carboxylic acid groups (broad SMARTS) is 1. The van der Waals surface area contributed by atoms with Crippen LogP contribution in [0.3, 0.4) is 0 Å². The molecule has 2 unspecified atom stereocenters. The third-order valence-corrected chi connectivity index (χ3v) is 3.02. The Bertz CT molecular complexity index is 194. The van der Waals surface area contributed by atoms with E-state index < -0.39 is 11.4 Å². The van der Waals surface area contributed by atoms with E-state index in [4.69, 9.17) is 5.11 Å². The van der Waals surface area contributed by atoms with E-state index in [1.165, 1.54) is 6.92 Å². The molecule has 76 valence electrons. The molecule has 0 amide bonds. The second-order valence-corrected chi connectivity index (χ2v) is 3.50. The predicted molar refractivity (Wildman–Crippen MR) is 50.5 cm³/mol. The molecule has 0 radical (unpaired) electrons. The van der Waals surface area contributed by atoms with Crippen LogP contribution in [-0.2, 0) is 9.59 Å². The molecule has 0 heterocycles. The first-order valence-electron chi connectivity index (χ1n) is 4.67. The summed E-state index contributed by atoms with van der Waals surface area (Å²) in [4.78, 5) is 22.4. The summed E-state index contributed by atoms with van der Waals surface area (Å²) in [6, 6.07) is 0. The summed E-state index contributed by atoms with van der Waals surface area (Å²) in [5.74, 6) is -1.33. The van der Waals surface area contributed by atoms with Crippen LogP contribution in [0.1, 0.15) is 40.5 Å². The molecule has 0 bridgehead atoms. The van der Waals surface area contributed by atoms with Gasteiger partial charge in [0.05, 0.1) is 0 Å². The van der Waals surface area contributed by atoms with Crippen molar-refractivity contribution in [1.82, 2.24) is 0 Å². The van der Waals surface area contributed by atoms with E-state index in [1.54, 1.807) is 6.92 Å². The third-order valence-electron chi connectivity index (χ3n) is 3.02. The van der Waals surface area contributed by atoms with Gasteiger partial charge in [-0.05, 0) is 19.3 Å². The SMILES string of the molecule is CCC(C)C(CC)(C(C)=O)C(=O)O. The molecule has 0 saturated heterocycles. The van der Waals surface area contributed by atoms with Crippen molar-refractivity contribution in [3.8, 4) is 0 Å². The lowest BCUT2D eigenvalue weighted by Gasteiger charge is -2.31. The van der Waals surface area contributed by atoms with E-state index in [2.05, 4.69) is 0 Å². The number of rotatable bonds is 5. The maximum atomic E-state index is 11.4. The zero-order chi connectivity index (χ0) is 10.6. The predicted octanol–water partition coefficient (Wildman–Crippen LogP) is 2.10. The number of carbonyl (C=O) groups is 2. The highest BCUT2D eigenvalue weighted by Crippen LogP contribution is 2.35. The molecule has 0 aromatic heterocycles. The average molecular weight is 186 g/mol. The number of carbonyl (C=O) groups excluding carboxylic acids is 1. The number of hydrogen-bond acceptors (Lipinski definition) is 2. The summed E-state index contributed by atoms with van der Waals surface area (Å²) < 4.78 is 0. The number of ketones is 1. The first-order valence-corrected chi connectivity index (χ1v) is 4.67. The van der Waals surface area contributed by atoms with Gasteiger partial charge in [-0.15, -0.1) is 0 Å². The standard InChI is InChI=1S/C10H18O3/c1-5-7(3)10(6-2,8(4)11)9(12)13/h7H,5-6H2,1-4H3,(H,12,13). The van der Waals surface area contributed by atoms with Gasteiger partial charge in [-0.1, -0.05) is 27.2 Å². The Morgan fingerprint density at radius 3 is 1.92 bits per heavy atom. The third kappa shape index (κ3) is 1.90. The maximum Gasteiger partial charge on any atom is 0.317 e. The van der Waals surface area contributed by atoms with Crippen molar-refractivity contribution in [3.05, 3.63) is 0 Å². The van der Waals surface area contributed by atoms with Crippen molar-refractivity contribution < 1.29 is 14.7 Å². The van der Waals surface area contributed by atoms with E-state index in [1.807, 2.05) is 13.8 Å². The van der Waals surface area contributed by atoms with E-state index in [0.717, 1.165) is 0 Å². The Labute approximate surface area is 79.1 Å². The zero-order valence-electron chi connectivity index (χ0n) is 8.76. The number of aliphatic carboxylic acids is 1. The normalized spacial score (nSPS) is 17.5. The van der Waals surface area contributed by atoms with E-state index in [-0.39, 0.29) is 11.7 Å². The Kier molecular flexibility index (Phi) is 4.11. The van der Waals surface area contributed by atoms with Gasteiger partial charge in [-0.25, -0.2) is 0 Å². The van der Waals surface area contributed by atoms with Gasteiger partial charge in [0.15, 0.2) is 0 Å². The van der Waals surface area contributed by atoms with Crippen LogP contribution in [0.15, 0.2) is 0 Å². The van der Waals surface area contributed by atoms with Crippen LogP contribution >= 0.6 is 0 Å². The summed E-state index contributed by atoms with van der Waals surface area (Å²) in [5.41, 5.74) is -1.17. The minimum absolute atomic E-state index is 0.104. The molecule has 0 aliphatic rings. The molecule has 1 N–H and O–H groups in total. The van der Waals surface area contributed by atoms with Crippen molar-refractivity contribution in [2.75, 3.05) is 0 Å². The van der Waals surface area contributed by atoms with E-state index in [0.29, 0.717) is 12.8 Å². The Balaban J connectivity index is 5.10. The topological polar surface area (TPSA) is 54.4 Å². The van der Waals surface area contributed by atoms with E-state index in [9.17, 15) is 9.59 Å². The van der Waals surface area contributed by atoms with Crippen LogP contribution in [0, 0.1) is 11.3 Å². The summed E-state index contributed by atoms with van der Waals surface area (Å²) in [6.07, 6.45) is 1.08. The second kappa shape index (κ2) is 4.40. The number of hydrogen-bond donors (Lipinski definition) is 1. The van der Waals surface area contributed by atoms with Gasteiger partial charge in [-0.2, -0.15) is 0 Å². The molecule has 0 fully saturated rings. The van der Waals surface area contributed by atoms with Gasteiger partial charge in [0.25, 0.3) is 0 Å². The Morgan fingerprint density at radius 1 is 1.38 bits per heavy atom. The van der Waals surface area contributed by atoms with Gasteiger partial charge in [-0.3, -0.25) is 9.59 Å².